The quantitative estimate of drug-likeness (QED) is 0.453. The largest absolute Gasteiger partial charge is 0.468 e. The minimum absolute atomic E-state index is 0.199. The first-order valence-electron chi connectivity index (χ1n) is 6.83. The van der Waals surface area contributed by atoms with Crippen LogP contribution in [0.25, 0.3) is 0 Å². The molecule has 1 N–H and O–H groups in total. The molecule has 0 bridgehead atoms. The van der Waals surface area contributed by atoms with Crippen molar-refractivity contribution in [3.8, 4) is 0 Å². The van der Waals surface area contributed by atoms with Gasteiger partial charge in [-0.3, -0.25) is 9.48 Å². The number of aromatic nitrogens is 2. The molecule has 6 heteroatoms. The standard InChI is InChI=1S/C14H25N3O2S/c1-11-10-12(17(4)16-11)20-9-7-6-8-14(2,15-3)13(18)19-5/h10,15H,6-9H2,1-5H3. The van der Waals surface area contributed by atoms with Crippen LogP contribution in [0.4, 0.5) is 0 Å². The summed E-state index contributed by atoms with van der Waals surface area (Å²) in [5, 5.41) is 8.56. The van der Waals surface area contributed by atoms with Crippen LogP contribution in [0.2, 0.25) is 0 Å². The summed E-state index contributed by atoms with van der Waals surface area (Å²) < 4.78 is 6.74. The lowest BCUT2D eigenvalue weighted by Crippen LogP contribution is -2.48. The molecule has 0 spiro atoms. The number of carbonyl (C=O) groups excluding carboxylic acids is 1. The molecular formula is C14H25N3O2S. The maximum absolute atomic E-state index is 11.7. The van der Waals surface area contributed by atoms with Crippen molar-refractivity contribution in [1.82, 2.24) is 15.1 Å². The molecule has 1 heterocycles. The average Bonchev–Trinajstić information content (AvgIpc) is 2.75. The Morgan fingerprint density at radius 2 is 2.25 bits per heavy atom. The Morgan fingerprint density at radius 1 is 1.55 bits per heavy atom. The molecule has 1 aromatic heterocycles. The molecule has 0 saturated heterocycles. The summed E-state index contributed by atoms with van der Waals surface area (Å²) in [4.78, 5) is 11.7. The third-order valence-electron chi connectivity index (χ3n) is 3.47. The van der Waals surface area contributed by atoms with E-state index in [2.05, 4.69) is 16.5 Å². The van der Waals surface area contributed by atoms with Gasteiger partial charge in [0.2, 0.25) is 0 Å². The fraction of sp³-hybridized carbons (Fsp3) is 0.714. The summed E-state index contributed by atoms with van der Waals surface area (Å²) in [5.41, 5.74) is 0.464. The number of unbranched alkanes of at least 4 members (excludes halogenated alkanes) is 1. The third kappa shape index (κ3) is 4.52. The van der Waals surface area contributed by atoms with Crippen LogP contribution in [-0.2, 0) is 16.6 Å². The number of aryl methyl sites for hydroxylation is 2. The van der Waals surface area contributed by atoms with E-state index in [1.807, 2.05) is 25.6 Å². The Morgan fingerprint density at radius 3 is 2.75 bits per heavy atom. The number of nitrogens with zero attached hydrogens (tertiary/aromatic N) is 2. The van der Waals surface area contributed by atoms with Crippen LogP contribution in [0.3, 0.4) is 0 Å². The van der Waals surface area contributed by atoms with Crippen LogP contribution in [0.15, 0.2) is 11.1 Å². The summed E-state index contributed by atoms with van der Waals surface area (Å²) >= 11 is 1.80. The van der Waals surface area contributed by atoms with E-state index in [9.17, 15) is 4.79 Å². The molecule has 1 unspecified atom stereocenters. The fourth-order valence-corrected chi connectivity index (χ4v) is 3.07. The number of hydrogen-bond donors (Lipinski definition) is 1. The number of carbonyl (C=O) groups is 1. The van der Waals surface area contributed by atoms with Crippen molar-refractivity contribution < 1.29 is 9.53 Å². The Hall–Kier alpha value is -1.01. The van der Waals surface area contributed by atoms with Gasteiger partial charge in [0.1, 0.15) is 5.54 Å². The van der Waals surface area contributed by atoms with E-state index in [-0.39, 0.29) is 5.97 Å². The van der Waals surface area contributed by atoms with Gasteiger partial charge in [0.15, 0.2) is 0 Å². The molecule has 0 aliphatic rings. The van der Waals surface area contributed by atoms with Gasteiger partial charge in [-0.25, -0.2) is 0 Å². The molecule has 114 valence electrons. The molecule has 1 atom stereocenters. The van der Waals surface area contributed by atoms with Crippen molar-refractivity contribution in [3.63, 3.8) is 0 Å². The summed E-state index contributed by atoms with van der Waals surface area (Å²) in [7, 11) is 5.19. The van der Waals surface area contributed by atoms with Gasteiger partial charge in [-0.05, 0) is 45.6 Å². The lowest BCUT2D eigenvalue weighted by atomic mass is 9.95. The van der Waals surface area contributed by atoms with Crippen LogP contribution in [0, 0.1) is 6.92 Å². The third-order valence-corrected chi connectivity index (χ3v) is 4.64. The predicted molar refractivity (Wildman–Crippen MR) is 82.0 cm³/mol. The summed E-state index contributed by atoms with van der Waals surface area (Å²) in [5.74, 6) is 0.829. The lowest BCUT2D eigenvalue weighted by molar-refractivity contribution is -0.148. The van der Waals surface area contributed by atoms with E-state index < -0.39 is 5.54 Å². The number of nitrogens with one attached hydrogen (secondary N) is 1. The van der Waals surface area contributed by atoms with Crippen molar-refractivity contribution in [2.45, 2.75) is 43.7 Å². The van der Waals surface area contributed by atoms with Gasteiger partial charge in [-0.15, -0.1) is 11.8 Å². The first-order valence-corrected chi connectivity index (χ1v) is 7.82. The monoisotopic (exact) mass is 299 g/mol. The van der Waals surface area contributed by atoms with Crippen LogP contribution in [0.1, 0.15) is 31.9 Å². The van der Waals surface area contributed by atoms with E-state index in [0.29, 0.717) is 0 Å². The van der Waals surface area contributed by atoms with E-state index in [1.165, 1.54) is 12.1 Å². The molecule has 0 aliphatic heterocycles. The Kier molecular flexibility index (Phi) is 6.55. The molecule has 0 aliphatic carbocycles. The topological polar surface area (TPSA) is 56.2 Å². The minimum atomic E-state index is -0.581. The second kappa shape index (κ2) is 7.69. The highest BCUT2D eigenvalue weighted by molar-refractivity contribution is 7.99. The molecule has 0 amide bonds. The molecule has 0 saturated carbocycles. The van der Waals surface area contributed by atoms with Gasteiger partial charge < -0.3 is 10.1 Å². The minimum Gasteiger partial charge on any atom is -0.468 e. The maximum Gasteiger partial charge on any atom is 0.325 e. The van der Waals surface area contributed by atoms with Crippen molar-refractivity contribution in [1.29, 1.82) is 0 Å². The molecule has 5 nitrogen and oxygen atoms in total. The Balaban J connectivity index is 2.31. The van der Waals surface area contributed by atoms with Gasteiger partial charge in [0, 0.05) is 7.05 Å². The summed E-state index contributed by atoms with van der Waals surface area (Å²) in [6, 6.07) is 2.09. The average molecular weight is 299 g/mol. The number of methoxy groups -OCH3 is 1. The molecule has 0 aromatic carbocycles. The van der Waals surface area contributed by atoms with Crippen LogP contribution in [-0.4, -0.2) is 41.2 Å². The Bertz CT molecular complexity index is 448. The second-order valence-corrected chi connectivity index (χ2v) is 6.24. The first-order chi connectivity index (χ1) is 9.42. The zero-order valence-corrected chi connectivity index (χ0v) is 13.8. The van der Waals surface area contributed by atoms with Gasteiger partial charge >= 0.3 is 5.97 Å². The van der Waals surface area contributed by atoms with Gasteiger partial charge in [-0.2, -0.15) is 5.10 Å². The fourth-order valence-electron chi connectivity index (χ4n) is 2.03. The highest BCUT2D eigenvalue weighted by Gasteiger charge is 2.31. The van der Waals surface area contributed by atoms with Crippen molar-refractivity contribution >= 4 is 17.7 Å². The van der Waals surface area contributed by atoms with E-state index >= 15 is 0 Å². The van der Waals surface area contributed by atoms with Crippen LogP contribution >= 0.6 is 11.8 Å². The molecule has 1 rings (SSSR count). The molecule has 1 aromatic rings. The number of hydrogen-bond acceptors (Lipinski definition) is 5. The SMILES string of the molecule is CNC(C)(CCCCSc1cc(C)nn1C)C(=O)OC. The normalized spacial score (nSPS) is 14.1. The zero-order valence-electron chi connectivity index (χ0n) is 13.0. The van der Waals surface area contributed by atoms with Crippen molar-refractivity contribution in [3.05, 3.63) is 11.8 Å². The number of ether oxygens (including phenoxy) is 1. The molecule has 0 radical (unpaired) electrons. The van der Waals surface area contributed by atoms with Crippen molar-refractivity contribution in [2.24, 2.45) is 7.05 Å². The number of esters is 1. The van der Waals surface area contributed by atoms with Crippen molar-refractivity contribution in [2.75, 3.05) is 19.9 Å². The van der Waals surface area contributed by atoms with Crippen LogP contribution < -0.4 is 5.32 Å². The summed E-state index contributed by atoms with van der Waals surface area (Å²) in [6.07, 6.45) is 2.82. The molecule has 0 fully saturated rings. The lowest BCUT2D eigenvalue weighted by Gasteiger charge is -2.25. The second-order valence-electron chi connectivity index (χ2n) is 5.13. The van der Waals surface area contributed by atoms with Gasteiger partial charge in [0.25, 0.3) is 0 Å². The number of rotatable bonds is 8. The van der Waals surface area contributed by atoms with E-state index in [4.69, 9.17) is 4.74 Å². The Labute approximate surface area is 125 Å². The summed E-state index contributed by atoms with van der Waals surface area (Å²) in [6.45, 7) is 3.88. The predicted octanol–water partition coefficient (Wildman–Crippen LogP) is 2.14. The van der Waals surface area contributed by atoms with Crippen LogP contribution in [0.5, 0.6) is 0 Å². The smallest absolute Gasteiger partial charge is 0.325 e. The number of thioether (sulfide) groups is 1. The first kappa shape index (κ1) is 17.0. The number of likely N-dealkylation sites (N-methyl/N-ethyl adjacent to an activating group) is 1. The molecule has 20 heavy (non-hydrogen) atoms. The highest BCUT2D eigenvalue weighted by Crippen LogP contribution is 2.21. The maximum atomic E-state index is 11.7. The van der Waals surface area contributed by atoms with Gasteiger partial charge in [-0.1, -0.05) is 6.42 Å². The van der Waals surface area contributed by atoms with E-state index in [0.717, 1.165) is 30.7 Å². The van der Waals surface area contributed by atoms with E-state index in [1.54, 1.807) is 18.8 Å². The van der Waals surface area contributed by atoms with Gasteiger partial charge in [0.05, 0.1) is 17.8 Å². The molecular weight excluding hydrogens is 274 g/mol. The highest BCUT2D eigenvalue weighted by atomic mass is 32.2. The zero-order chi connectivity index (χ0) is 15.2.